The lowest BCUT2D eigenvalue weighted by Crippen LogP contribution is -2.26. The molecule has 0 bridgehead atoms. The molecule has 1 aromatic carbocycles. The van der Waals surface area contributed by atoms with E-state index in [4.69, 9.17) is 9.47 Å². The fourth-order valence-electron chi connectivity index (χ4n) is 2.00. The van der Waals surface area contributed by atoms with Crippen LogP contribution in [0.5, 0.6) is 5.75 Å². The summed E-state index contributed by atoms with van der Waals surface area (Å²) in [5.74, 6) is 0.524. The first-order valence-corrected chi connectivity index (χ1v) is 8.51. The predicted molar refractivity (Wildman–Crippen MR) is 91.2 cm³/mol. The number of nitrogens with one attached hydrogen (secondary N) is 1. The zero-order valence-corrected chi connectivity index (χ0v) is 14.5. The van der Waals surface area contributed by atoms with Crippen LogP contribution in [0.1, 0.15) is 40.9 Å². The summed E-state index contributed by atoms with van der Waals surface area (Å²) in [4.78, 5) is 16.7. The molecule has 0 unspecified atom stereocenters. The number of thiazole rings is 1. The molecule has 23 heavy (non-hydrogen) atoms. The molecule has 0 aliphatic carbocycles. The zero-order chi connectivity index (χ0) is 16.7. The minimum Gasteiger partial charge on any atom is -0.491 e. The van der Waals surface area contributed by atoms with E-state index >= 15 is 0 Å². The van der Waals surface area contributed by atoms with Gasteiger partial charge in [-0.1, -0.05) is 6.07 Å². The molecule has 1 aromatic heterocycles. The van der Waals surface area contributed by atoms with E-state index in [-0.39, 0.29) is 11.9 Å². The SMILES string of the molecule is CCOCCOc1cccc(C(=O)N[C@@H](C)c2nc(C)cs2)c1. The normalized spacial score (nSPS) is 12.0. The van der Waals surface area contributed by atoms with Gasteiger partial charge in [-0.15, -0.1) is 11.3 Å². The molecule has 2 rings (SSSR count). The quantitative estimate of drug-likeness (QED) is 0.752. The van der Waals surface area contributed by atoms with Crippen molar-refractivity contribution in [1.29, 1.82) is 0 Å². The summed E-state index contributed by atoms with van der Waals surface area (Å²) in [5, 5.41) is 5.84. The first-order chi connectivity index (χ1) is 11.1. The van der Waals surface area contributed by atoms with Crippen molar-refractivity contribution < 1.29 is 14.3 Å². The van der Waals surface area contributed by atoms with E-state index in [2.05, 4.69) is 10.3 Å². The first kappa shape index (κ1) is 17.4. The molecule has 2 aromatic rings. The maximum atomic E-state index is 12.3. The van der Waals surface area contributed by atoms with Crippen molar-refractivity contribution in [1.82, 2.24) is 10.3 Å². The number of amides is 1. The third-order valence-electron chi connectivity index (χ3n) is 3.15. The zero-order valence-electron chi connectivity index (χ0n) is 13.7. The molecule has 0 saturated carbocycles. The minimum absolute atomic E-state index is 0.122. The number of nitrogens with zero attached hydrogens (tertiary/aromatic N) is 1. The standard InChI is InChI=1S/C17H22N2O3S/c1-4-21-8-9-22-15-7-5-6-14(10-15)16(20)19-13(3)17-18-12(2)11-23-17/h5-7,10-11,13H,4,8-9H2,1-3H3,(H,19,20)/t13-/m0/s1. The predicted octanol–water partition coefficient (Wildman–Crippen LogP) is 3.36. The highest BCUT2D eigenvalue weighted by Crippen LogP contribution is 2.19. The molecule has 6 heteroatoms. The Morgan fingerprint density at radius 2 is 2.22 bits per heavy atom. The average Bonchev–Trinajstić information content (AvgIpc) is 2.98. The lowest BCUT2D eigenvalue weighted by Gasteiger charge is -2.12. The van der Waals surface area contributed by atoms with Crippen LogP contribution >= 0.6 is 11.3 Å². The molecule has 0 spiro atoms. The van der Waals surface area contributed by atoms with Gasteiger partial charge >= 0.3 is 0 Å². The molecule has 0 fully saturated rings. The van der Waals surface area contributed by atoms with Crippen LogP contribution in [0.25, 0.3) is 0 Å². The molecule has 124 valence electrons. The molecule has 5 nitrogen and oxygen atoms in total. The van der Waals surface area contributed by atoms with Crippen LogP contribution in [-0.2, 0) is 4.74 Å². The molecule has 0 aliphatic heterocycles. The fourth-order valence-corrected chi connectivity index (χ4v) is 2.81. The topological polar surface area (TPSA) is 60.5 Å². The van der Waals surface area contributed by atoms with Crippen molar-refractivity contribution in [2.24, 2.45) is 0 Å². The van der Waals surface area contributed by atoms with E-state index in [1.54, 1.807) is 23.5 Å². The fraction of sp³-hybridized carbons (Fsp3) is 0.412. The number of rotatable bonds is 8. The highest BCUT2D eigenvalue weighted by atomic mass is 32.1. The second kappa shape index (κ2) is 8.64. The number of hydrogen-bond acceptors (Lipinski definition) is 5. The van der Waals surface area contributed by atoms with Crippen LogP contribution in [0.15, 0.2) is 29.6 Å². The largest absolute Gasteiger partial charge is 0.491 e. The molecular formula is C17H22N2O3S. The van der Waals surface area contributed by atoms with E-state index in [1.165, 1.54) is 0 Å². The highest BCUT2D eigenvalue weighted by molar-refractivity contribution is 7.09. The van der Waals surface area contributed by atoms with Crippen LogP contribution in [0, 0.1) is 6.92 Å². The lowest BCUT2D eigenvalue weighted by atomic mass is 10.2. The Kier molecular flexibility index (Phi) is 6.55. The summed E-state index contributed by atoms with van der Waals surface area (Å²) in [6.07, 6.45) is 0. The van der Waals surface area contributed by atoms with Crippen molar-refractivity contribution in [2.45, 2.75) is 26.8 Å². The van der Waals surface area contributed by atoms with Crippen LogP contribution in [0.4, 0.5) is 0 Å². The van der Waals surface area contributed by atoms with E-state index < -0.39 is 0 Å². The Balaban J connectivity index is 1.93. The lowest BCUT2D eigenvalue weighted by molar-refractivity contribution is 0.0938. The third kappa shape index (κ3) is 5.33. The van der Waals surface area contributed by atoms with Crippen molar-refractivity contribution in [3.05, 3.63) is 45.9 Å². The number of benzene rings is 1. The number of carbonyl (C=O) groups is 1. The Bertz CT molecular complexity index is 642. The average molecular weight is 334 g/mol. The summed E-state index contributed by atoms with van der Waals surface area (Å²) < 4.78 is 10.8. The van der Waals surface area contributed by atoms with Gasteiger partial charge in [-0.3, -0.25) is 4.79 Å². The molecule has 1 atom stereocenters. The van der Waals surface area contributed by atoms with Gasteiger partial charge in [-0.05, 0) is 39.0 Å². The first-order valence-electron chi connectivity index (χ1n) is 7.63. The third-order valence-corrected chi connectivity index (χ3v) is 4.30. The van der Waals surface area contributed by atoms with Crippen molar-refractivity contribution in [2.75, 3.05) is 19.8 Å². The van der Waals surface area contributed by atoms with Gasteiger partial charge in [0.2, 0.25) is 0 Å². The summed E-state index contributed by atoms with van der Waals surface area (Å²) in [7, 11) is 0. The summed E-state index contributed by atoms with van der Waals surface area (Å²) >= 11 is 1.55. The van der Waals surface area contributed by atoms with Crippen molar-refractivity contribution >= 4 is 17.2 Å². The summed E-state index contributed by atoms with van der Waals surface area (Å²) in [6.45, 7) is 7.48. The minimum atomic E-state index is -0.138. The van der Waals surface area contributed by atoms with Gasteiger partial charge in [0.15, 0.2) is 0 Å². The molecule has 1 N–H and O–H groups in total. The van der Waals surface area contributed by atoms with Crippen LogP contribution in [-0.4, -0.2) is 30.7 Å². The molecule has 1 heterocycles. The smallest absolute Gasteiger partial charge is 0.251 e. The molecule has 0 radical (unpaired) electrons. The molecular weight excluding hydrogens is 312 g/mol. The monoisotopic (exact) mass is 334 g/mol. The van der Waals surface area contributed by atoms with Gasteiger partial charge in [-0.2, -0.15) is 0 Å². The number of ether oxygens (including phenoxy) is 2. The summed E-state index contributed by atoms with van der Waals surface area (Å²) in [6, 6.07) is 7.02. The van der Waals surface area contributed by atoms with E-state index in [9.17, 15) is 4.79 Å². The van der Waals surface area contributed by atoms with Gasteiger partial charge in [0.25, 0.3) is 5.91 Å². The van der Waals surface area contributed by atoms with E-state index in [1.807, 2.05) is 38.3 Å². The van der Waals surface area contributed by atoms with Crippen LogP contribution < -0.4 is 10.1 Å². The second-order valence-corrected chi connectivity index (χ2v) is 5.99. The van der Waals surface area contributed by atoms with Gasteiger partial charge in [0.1, 0.15) is 17.4 Å². The Morgan fingerprint density at radius 3 is 2.91 bits per heavy atom. The number of aryl methyl sites for hydroxylation is 1. The molecule has 1 amide bonds. The number of hydrogen-bond donors (Lipinski definition) is 1. The van der Waals surface area contributed by atoms with Crippen LogP contribution in [0.3, 0.4) is 0 Å². The van der Waals surface area contributed by atoms with Crippen LogP contribution in [0.2, 0.25) is 0 Å². The van der Waals surface area contributed by atoms with Crippen molar-refractivity contribution in [3.63, 3.8) is 0 Å². The van der Waals surface area contributed by atoms with E-state index in [0.717, 1.165) is 10.7 Å². The van der Waals surface area contributed by atoms with Gasteiger partial charge in [-0.25, -0.2) is 4.98 Å². The number of aromatic nitrogens is 1. The Morgan fingerprint density at radius 1 is 1.39 bits per heavy atom. The van der Waals surface area contributed by atoms with Crippen molar-refractivity contribution in [3.8, 4) is 5.75 Å². The molecule has 0 aliphatic rings. The van der Waals surface area contributed by atoms with Gasteiger partial charge in [0, 0.05) is 23.2 Å². The second-order valence-electron chi connectivity index (χ2n) is 5.10. The van der Waals surface area contributed by atoms with Gasteiger partial charge in [0.05, 0.1) is 12.6 Å². The highest BCUT2D eigenvalue weighted by Gasteiger charge is 2.14. The maximum Gasteiger partial charge on any atom is 0.251 e. The molecule has 0 saturated heterocycles. The maximum absolute atomic E-state index is 12.3. The number of carbonyl (C=O) groups excluding carboxylic acids is 1. The van der Waals surface area contributed by atoms with E-state index in [0.29, 0.717) is 31.1 Å². The Labute approximate surface area is 140 Å². The summed E-state index contributed by atoms with van der Waals surface area (Å²) in [5.41, 5.74) is 1.54. The van der Waals surface area contributed by atoms with Gasteiger partial charge < -0.3 is 14.8 Å². The Hall–Kier alpha value is -1.92.